The third kappa shape index (κ3) is 25.2. The molecule has 9 N–H and O–H groups in total. The third-order valence-corrected chi connectivity index (χ3v) is 8.27. The van der Waals surface area contributed by atoms with Crippen LogP contribution in [0.2, 0.25) is 0 Å². The molecule has 5 heterocycles. The molecular formula is C42H67N15O10. The molecule has 5 rings (SSSR count). The van der Waals surface area contributed by atoms with Crippen molar-refractivity contribution in [3.63, 3.8) is 0 Å². The summed E-state index contributed by atoms with van der Waals surface area (Å²) in [5.41, 5.74) is 3.02. The van der Waals surface area contributed by atoms with Crippen molar-refractivity contribution < 1.29 is 48.6 Å². The molecule has 67 heavy (non-hydrogen) atoms. The Morgan fingerprint density at radius 2 is 1.31 bits per heavy atom. The maximum absolute atomic E-state index is 12.1. The van der Waals surface area contributed by atoms with Crippen molar-refractivity contribution in [3.8, 4) is 0 Å². The summed E-state index contributed by atoms with van der Waals surface area (Å²) in [4.78, 5) is 95.6. The zero-order valence-electron chi connectivity index (χ0n) is 40.0. The Kier molecular flexibility index (Phi) is 33.2. The lowest BCUT2D eigenvalue weighted by atomic mass is 10.4. The monoisotopic (exact) mass is 942 g/mol. The van der Waals surface area contributed by atoms with Gasteiger partial charge in [0.25, 0.3) is 18.3 Å². The quantitative estimate of drug-likeness (QED) is 0.0468. The minimum Gasteiger partial charge on any atom is -0.483 e. The maximum Gasteiger partial charge on any atom is 0.291 e. The largest absolute Gasteiger partial charge is 0.483 e. The average Bonchev–Trinajstić information content (AvgIpc) is 4.13. The Morgan fingerprint density at radius 3 is 1.75 bits per heavy atom. The van der Waals surface area contributed by atoms with Crippen molar-refractivity contribution in [1.82, 2.24) is 53.7 Å². The van der Waals surface area contributed by atoms with Gasteiger partial charge in [-0.3, -0.25) is 33.6 Å². The molecule has 25 nitrogen and oxygen atoms in total. The summed E-state index contributed by atoms with van der Waals surface area (Å²) in [7, 11) is 13.6. The summed E-state index contributed by atoms with van der Waals surface area (Å²) in [5.74, 6) is 1.96. The predicted octanol–water partition coefficient (Wildman–Crippen LogP) is 1.23. The molecule has 0 fully saturated rings. The number of carbonyl (C=O) groups excluding carboxylic acids is 7. The first-order valence-electron chi connectivity index (χ1n) is 20.3. The van der Waals surface area contributed by atoms with Gasteiger partial charge in [-0.2, -0.15) is 0 Å². The number of aldehydes is 2. The van der Waals surface area contributed by atoms with Crippen LogP contribution in [0.1, 0.15) is 69.4 Å². The molecule has 25 heteroatoms. The smallest absolute Gasteiger partial charge is 0.291 e. The fourth-order valence-corrected chi connectivity index (χ4v) is 4.71. The molecule has 0 spiro atoms. The lowest BCUT2D eigenvalue weighted by Crippen LogP contribution is -2.26. The molecule has 5 amide bonds. The van der Waals surface area contributed by atoms with E-state index in [1.807, 2.05) is 62.5 Å². The molecule has 0 aliphatic rings. The summed E-state index contributed by atoms with van der Waals surface area (Å²) in [6.45, 7) is 7.34. The van der Waals surface area contributed by atoms with Crippen molar-refractivity contribution in [3.05, 3.63) is 78.2 Å². The van der Waals surface area contributed by atoms with Gasteiger partial charge in [-0.25, -0.2) is 15.0 Å². The van der Waals surface area contributed by atoms with Gasteiger partial charge in [-0.15, -0.1) is 0 Å². The number of nitrogens with one attached hydrogen (secondary N) is 7. The molecule has 5 aromatic heterocycles. The second-order valence-corrected chi connectivity index (χ2v) is 13.3. The lowest BCUT2D eigenvalue weighted by molar-refractivity contribution is -0.123. The average molecular weight is 942 g/mol. The normalized spacial score (nSPS) is 9.25. The van der Waals surface area contributed by atoms with Gasteiger partial charge in [0.15, 0.2) is 12.1 Å². The van der Waals surface area contributed by atoms with Crippen LogP contribution >= 0.6 is 0 Å². The van der Waals surface area contributed by atoms with E-state index in [0.29, 0.717) is 74.1 Å². The Bertz CT molecular complexity index is 2180. The van der Waals surface area contributed by atoms with Crippen molar-refractivity contribution in [2.24, 2.45) is 35.2 Å². The van der Waals surface area contributed by atoms with Gasteiger partial charge in [0, 0.05) is 125 Å². The molecule has 0 atom stereocenters. The highest BCUT2D eigenvalue weighted by Crippen LogP contribution is 2.14. The fourth-order valence-electron chi connectivity index (χ4n) is 4.71. The SMILES string of the molecule is CCCNC(=O)c1nc(NC(=O)CCNC)cn1C.CNc1cn(C)c(C(=O)Nc2cc(C=O)n(C)c2)n1.CO.Cc1cc(NC=O)cn1C.Cc1nccn1C.O=CCCNC=O.O=CO. The van der Waals surface area contributed by atoms with Crippen LogP contribution in [-0.2, 0) is 59.2 Å². The van der Waals surface area contributed by atoms with E-state index < -0.39 is 0 Å². The first-order valence-corrected chi connectivity index (χ1v) is 20.3. The second-order valence-electron chi connectivity index (χ2n) is 13.3. The van der Waals surface area contributed by atoms with Crippen LogP contribution in [0.15, 0.2) is 49.3 Å². The first-order chi connectivity index (χ1) is 32.0. The number of amides is 5. The van der Waals surface area contributed by atoms with Crippen molar-refractivity contribution in [2.45, 2.75) is 40.0 Å². The van der Waals surface area contributed by atoms with Gasteiger partial charge in [0.05, 0.1) is 17.1 Å². The number of anilines is 4. The molecule has 0 aliphatic heterocycles. The van der Waals surface area contributed by atoms with Gasteiger partial charge in [0.1, 0.15) is 17.9 Å². The summed E-state index contributed by atoms with van der Waals surface area (Å²) in [5, 5.41) is 32.7. The number of carboxylic acid groups (broad SMARTS) is 1. The minimum atomic E-state index is -0.327. The minimum absolute atomic E-state index is 0.132. The highest BCUT2D eigenvalue weighted by molar-refractivity contribution is 6.02. The number of aryl methyl sites for hydroxylation is 7. The van der Waals surface area contributed by atoms with Crippen LogP contribution < -0.4 is 37.2 Å². The van der Waals surface area contributed by atoms with Gasteiger partial charge in [0.2, 0.25) is 30.4 Å². The topological polar surface area (TPSA) is 325 Å². The van der Waals surface area contributed by atoms with Crippen LogP contribution in [0.4, 0.5) is 23.0 Å². The van der Waals surface area contributed by atoms with E-state index in [2.05, 4.69) is 52.2 Å². The lowest BCUT2D eigenvalue weighted by Gasteiger charge is -2.02. The van der Waals surface area contributed by atoms with Crippen LogP contribution in [0, 0.1) is 13.8 Å². The summed E-state index contributed by atoms with van der Waals surface area (Å²) >= 11 is 0. The van der Waals surface area contributed by atoms with Crippen molar-refractivity contribution >= 4 is 72.6 Å². The van der Waals surface area contributed by atoms with E-state index in [9.17, 15) is 33.6 Å². The number of nitrogens with zero attached hydrogens (tertiary/aromatic N) is 8. The van der Waals surface area contributed by atoms with Gasteiger partial charge >= 0.3 is 0 Å². The maximum atomic E-state index is 12.1. The predicted molar refractivity (Wildman–Crippen MR) is 254 cm³/mol. The van der Waals surface area contributed by atoms with Crippen LogP contribution in [-0.4, -0.2) is 138 Å². The molecule has 0 saturated heterocycles. The summed E-state index contributed by atoms with van der Waals surface area (Å²) in [6.07, 6.45) is 15.0. The number of rotatable bonds is 17. The number of carbonyl (C=O) groups is 8. The van der Waals surface area contributed by atoms with Crippen LogP contribution in [0.25, 0.3) is 0 Å². The molecule has 0 radical (unpaired) electrons. The Morgan fingerprint density at radius 1 is 0.716 bits per heavy atom. The van der Waals surface area contributed by atoms with Crippen molar-refractivity contribution in [2.75, 3.05) is 62.1 Å². The number of hydrogen-bond donors (Lipinski definition) is 9. The molecule has 370 valence electrons. The summed E-state index contributed by atoms with van der Waals surface area (Å²) in [6, 6.07) is 3.52. The van der Waals surface area contributed by atoms with Gasteiger partial charge < -0.3 is 75.1 Å². The Hall–Kier alpha value is -7.93. The zero-order chi connectivity index (χ0) is 51.3. The number of aromatic nitrogens is 8. The highest BCUT2D eigenvalue weighted by Gasteiger charge is 2.16. The molecule has 0 bridgehead atoms. The standard InChI is InChI=1S/C12H15N5O2.C12H21N5O2.C7H10N2O.C5H8N2.C4H7NO2.CH2O2.CH4O/c1-13-10-6-17(3)11(15-10)12(19)14-8-4-9(7-18)16(2)5-8;1-4-6-14-12(19)11-16-9(8-17(11)3)15-10(18)5-7-13-2;1-6-3-7(8-5-10)4-9(6)2;1-5-6-3-4-7(5)2;6-3-1-2-5-4-7;2-1-3;1-2/h4-7,13H,1-3H3,(H,14,19);8,13H,4-7H2,1-3H3,(H,14,19)(H,15,18);3-5H,1-2H3,(H,8,10);3-4H,1-2H3;3-4H,1-2H2,(H,5,7);1H,(H,2,3);2H,1H3. The van der Waals surface area contributed by atoms with E-state index in [0.717, 1.165) is 43.3 Å². The number of hydrogen-bond acceptors (Lipinski definition) is 14. The second kappa shape index (κ2) is 36.4. The van der Waals surface area contributed by atoms with Gasteiger partial charge in [-0.05, 0) is 39.4 Å². The number of imidazole rings is 3. The van der Waals surface area contributed by atoms with Crippen LogP contribution in [0.5, 0.6) is 0 Å². The Labute approximate surface area is 389 Å². The van der Waals surface area contributed by atoms with Crippen LogP contribution in [0.3, 0.4) is 0 Å². The van der Waals surface area contributed by atoms with E-state index in [1.54, 1.807) is 79.8 Å². The van der Waals surface area contributed by atoms with Gasteiger partial charge in [-0.1, -0.05) is 6.92 Å². The van der Waals surface area contributed by atoms with E-state index in [-0.39, 0.29) is 30.0 Å². The molecule has 5 aromatic rings. The summed E-state index contributed by atoms with van der Waals surface area (Å²) < 4.78 is 8.79. The molecule has 0 unspecified atom stereocenters. The fraction of sp³-hybridized carbons (Fsp3) is 0.405. The molecule has 0 aromatic carbocycles. The number of aliphatic hydroxyl groups excluding tert-OH is 1. The zero-order valence-corrected chi connectivity index (χ0v) is 40.0. The molecule has 0 aliphatic carbocycles. The van der Waals surface area contributed by atoms with E-state index in [1.165, 1.54) is 0 Å². The Balaban J connectivity index is 0. The molecular weight excluding hydrogens is 875 g/mol. The van der Waals surface area contributed by atoms with E-state index in [4.69, 9.17) is 15.0 Å². The number of aliphatic hydroxyl groups is 1. The third-order valence-electron chi connectivity index (χ3n) is 8.27. The molecule has 0 saturated carbocycles. The van der Waals surface area contributed by atoms with E-state index >= 15 is 0 Å². The first kappa shape index (κ1) is 61.2. The van der Waals surface area contributed by atoms with Crippen molar-refractivity contribution in [1.29, 1.82) is 0 Å². The highest BCUT2D eigenvalue weighted by atomic mass is 16.3.